The number of nitrogens with zero attached hydrogens (tertiary/aromatic N) is 1. The number of phenolic OH excluding ortho intramolecular Hbond substituents is 1. The van der Waals surface area contributed by atoms with Crippen molar-refractivity contribution in [3.63, 3.8) is 0 Å². The fraction of sp³-hybridized carbons (Fsp3) is 0.0476. The smallest absolute Gasteiger partial charge is 0.269 e. The van der Waals surface area contributed by atoms with Crippen LogP contribution in [0.2, 0.25) is 10.0 Å². The fourth-order valence-corrected chi connectivity index (χ4v) is 3.22. The van der Waals surface area contributed by atoms with Crippen molar-refractivity contribution in [2.75, 3.05) is 5.32 Å². The Morgan fingerprint density at radius 2 is 1.67 bits per heavy atom. The van der Waals surface area contributed by atoms with Gasteiger partial charge in [-0.3, -0.25) is 19.7 Å². The Morgan fingerprint density at radius 3 is 2.27 bits per heavy atom. The zero-order chi connectivity index (χ0) is 22.0. The molecule has 0 atom stereocenters. The molecule has 0 heterocycles. The summed E-state index contributed by atoms with van der Waals surface area (Å²) in [5, 5.41) is 24.3. The summed E-state index contributed by atoms with van der Waals surface area (Å²) in [6.45, 7) is 1.55. The molecule has 0 unspecified atom stereocenters. The first-order chi connectivity index (χ1) is 14.2. The number of anilines is 1. The van der Waals surface area contributed by atoms with Crippen LogP contribution in [-0.4, -0.2) is 21.7 Å². The largest absolute Gasteiger partial charge is 0.507 e. The second-order valence-electron chi connectivity index (χ2n) is 6.40. The van der Waals surface area contributed by atoms with Crippen LogP contribution in [0.3, 0.4) is 0 Å². The van der Waals surface area contributed by atoms with E-state index in [1.165, 1.54) is 48.5 Å². The highest BCUT2D eigenvalue weighted by Crippen LogP contribution is 2.29. The van der Waals surface area contributed by atoms with Gasteiger partial charge in [-0.2, -0.15) is 0 Å². The third kappa shape index (κ3) is 4.42. The summed E-state index contributed by atoms with van der Waals surface area (Å²) in [6, 6.07) is 12.3. The van der Waals surface area contributed by atoms with E-state index in [2.05, 4.69) is 5.32 Å². The SMILES string of the molecule is Cc1cc(C(=O)c2ccc([N+](=O)[O-])cc2)cc(C(=O)Nc2ccc(Cl)cc2Cl)c1O. The summed E-state index contributed by atoms with van der Waals surface area (Å²) in [6.07, 6.45) is 0. The van der Waals surface area contributed by atoms with E-state index in [9.17, 15) is 24.8 Å². The quantitative estimate of drug-likeness (QED) is 0.311. The minimum absolute atomic E-state index is 0.119. The third-order valence-corrected chi connectivity index (χ3v) is 4.87. The third-order valence-electron chi connectivity index (χ3n) is 4.33. The summed E-state index contributed by atoms with van der Waals surface area (Å²) >= 11 is 11.9. The van der Waals surface area contributed by atoms with Crippen molar-refractivity contribution in [3.05, 3.63) is 97.0 Å². The van der Waals surface area contributed by atoms with Crippen LogP contribution in [-0.2, 0) is 0 Å². The predicted octanol–water partition coefficient (Wildman–Crippen LogP) is 5.40. The van der Waals surface area contributed by atoms with Gasteiger partial charge in [-0.1, -0.05) is 23.2 Å². The van der Waals surface area contributed by atoms with Crippen LogP contribution in [0.1, 0.15) is 31.8 Å². The zero-order valence-corrected chi connectivity index (χ0v) is 17.0. The van der Waals surface area contributed by atoms with Crippen LogP contribution in [0.5, 0.6) is 5.75 Å². The molecule has 0 aliphatic heterocycles. The molecular formula is C21H14Cl2N2O5. The lowest BCUT2D eigenvalue weighted by Gasteiger charge is -2.12. The summed E-state index contributed by atoms with van der Waals surface area (Å²) in [7, 11) is 0. The number of carbonyl (C=O) groups is 2. The average molecular weight is 445 g/mol. The lowest BCUT2D eigenvalue weighted by atomic mass is 9.97. The minimum atomic E-state index is -0.668. The highest BCUT2D eigenvalue weighted by Gasteiger charge is 2.20. The standard InChI is InChI=1S/C21H14Cl2N2O5/c1-11-8-13(20(27)12-2-5-15(6-3-12)25(29)30)9-16(19(11)26)21(28)24-18-7-4-14(22)10-17(18)23/h2-10,26H,1H3,(H,24,28). The maximum atomic E-state index is 12.8. The Bertz CT molecular complexity index is 1180. The van der Waals surface area contributed by atoms with Crippen molar-refractivity contribution in [2.45, 2.75) is 6.92 Å². The molecule has 1 amide bonds. The number of non-ortho nitro benzene ring substituents is 1. The monoisotopic (exact) mass is 444 g/mol. The maximum Gasteiger partial charge on any atom is 0.269 e. The van der Waals surface area contributed by atoms with Gasteiger partial charge in [-0.25, -0.2) is 0 Å². The molecule has 0 aliphatic carbocycles. The Balaban J connectivity index is 1.94. The molecule has 7 nitrogen and oxygen atoms in total. The summed E-state index contributed by atoms with van der Waals surface area (Å²) < 4.78 is 0. The van der Waals surface area contributed by atoms with Gasteiger partial charge in [0.15, 0.2) is 5.78 Å². The van der Waals surface area contributed by atoms with Crippen LogP contribution < -0.4 is 5.32 Å². The van der Waals surface area contributed by atoms with Crippen molar-refractivity contribution < 1.29 is 19.6 Å². The van der Waals surface area contributed by atoms with Crippen LogP contribution in [0.15, 0.2) is 54.6 Å². The number of amides is 1. The number of benzene rings is 3. The molecule has 0 spiro atoms. The fourth-order valence-electron chi connectivity index (χ4n) is 2.77. The number of nitrogens with one attached hydrogen (secondary N) is 1. The number of aryl methyl sites for hydroxylation is 1. The second kappa shape index (κ2) is 8.52. The van der Waals surface area contributed by atoms with Gasteiger partial charge in [-0.15, -0.1) is 0 Å². The number of nitro groups is 1. The molecule has 0 radical (unpaired) electrons. The van der Waals surface area contributed by atoms with Gasteiger partial charge in [0.1, 0.15) is 5.75 Å². The molecular weight excluding hydrogens is 431 g/mol. The average Bonchev–Trinajstić information content (AvgIpc) is 2.71. The molecule has 0 fully saturated rings. The van der Waals surface area contributed by atoms with Crippen LogP contribution in [0, 0.1) is 17.0 Å². The molecule has 3 aromatic carbocycles. The predicted molar refractivity (Wildman–Crippen MR) is 114 cm³/mol. The molecule has 0 aromatic heterocycles. The number of halogens is 2. The van der Waals surface area contributed by atoms with E-state index in [1.807, 2.05) is 0 Å². The van der Waals surface area contributed by atoms with E-state index in [1.54, 1.807) is 13.0 Å². The Kier molecular flexibility index (Phi) is 6.05. The second-order valence-corrected chi connectivity index (χ2v) is 7.24. The summed E-state index contributed by atoms with van der Waals surface area (Å²) in [5.41, 5.74) is 0.689. The van der Waals surface area contributed by atoms with Gasteiger partial charge < -0.3 is 10.4 Å². The topological polar surface area (TPSA) is 110 Å². The van der Waals surface area contributed by atoms with E-state index in [0.29, 0.717) is 10.6 Å². The molecule has 152 valence electrons. The highest BCUT2D eigenvalue weighted by atomic mass is 35.5. The Labute approximate surface area is 181 Å². The maximum absolute atomic E-state index is 12.8. The number of phenols is 1. The number of hydrogen-bond donors (Lipinski definition) is 2. The molecule has 0 aliphatic rings. The lowest BCUT2D eigenvalue weighted by Crippen LogP contribution is -2.14. The number of aromatic hydroxyl groups is 1. The van der Waals surface area contributed by atoms with E-state index in [0.717, 1.165) is 0 Å². The lowest BCUT2D eigenvalue weighted by molar-refractivity contribution is -0.384. The number of nitro benzene ring substituents is 1. The van der Waals surface area contributed by atoms with Crippen LogP contribution >= 0.6 is 23.2 Å². The molecule has 2 N–H and O–H groups in total. The molecule has 3 rings (SSSR count). The number of carbonyl (C=O) groups excluding carboxylic acids is 2. The van der Waals surface area contributed by atoms with E-state index in [4.69, 9.17) is 23.2 Å². The van der Waals surface area contributed by atoms with Gasteiger partial charge in [0, 0.05) is 28.3 Å². The molecule has 3 aromatic rings. The van der Waals surface area contributed by atoms with Crippen molar-refractivity contribution >= 4 is 46.3 Å². The first kappa shape index (κ1) is 21.3. The van der Waals surface area contributed by atoms with Crippen molar-refractivity contribution in [1.29, 1.82) is 0 Å². The molecule has 9 heteroatoms. The van der Waals surface area contributed by atoms with Crippen molar-refractivity contribution in [2.24, 2.45) is 0 Å². The van der Waals surface area contributed by atoms with Crippen LogP contribution in [0.25, 0.3) is 0 Å². The number of rotatable bonds is 5. The van der Waals surface area contributed by atoms with Gasteiger partial charge in [0.2, 0.25) is 0 Å². The number of hydrogen-bond acceptors (Lipinski definition) is 5. The van der Waals surface area contributed by atoms with E-state index < -0.39 is 16.6 Å². The van der Waals surface area contributed by atoms with Gasteiger partial charge in [0.05, 0.1) is 21.2 Å². The van der Waals surface area contributed by atoms with E-state index >= 15 is 0 Å². The summed E-state index contributed by atoms with van der Waals surface area (Å²) in [5.74, 6) is -1.40. The van der Waals surface area contributed by atoms with Crippen LogP contribution in [0.4, 0.5) is 11.4 Å². The first-order valence-corrected chi connectivity index (χ1v) is 9.32. The molecule has 0 bridgehead atoms. The highest BCUT2D eigenvalue weighted by molar-refractivity contribution is 6.36. The molecule has 30 heavy (non-hydrogen) atoms. The van der Waals surface area contributed by atoms with Crippen molar-refractivity contribution in [1.82, 2.24) is 0 Å². The van der Waals surface area contributed by atoms with E-state index in [-0.39, 0.29) is 38.8 Å². The Morgan fingerprint density at radius 1 is 1.00 bits per heavy atom. The Hall–Kier alpha value is -3.42. The normalized spacial score (nSPS) is 10.5. The number of ketones is 1. The summed E-state index contributed by atoms with van der Waals surface area (Å²) in [4.78, 5) is 35.7. The first-order valence-electron chi connectivity index (χ1n) is 8.56. The van der Waals surface area contributed by atoms with Crippen molar-refractivity contribution in [3.8, 4) is 5.75 Å². The zero-order valence-electron chi connectivity index (χ0n) is 15.5. The molecule has 0 saturated heterocycles. The van der Waals surface area contributed by atoms with Gasteiger partial charge >= 0.3 is 0 Å². The van der Waals surface area contributed by atoms with Gasteiger partial charge in [-0.05, 0) is 55.0 Å². The molecule has 0 saturated carbocycles. The van der Waals surface area contributed by atoms with Gasteiger partial charge in [0.25, 0.3) is 11.6 Å². The minimum Gasteiger partial charge on any atom is -0.507 e.